The third kappa shape index (κ3) is 2.11. The van der Waals surface area contributed by atoms with E-state index in [0.717, 1.165) is 22.3 Å². The van der Waals surface area contributed by atoms with Gasteiger partial charge in [0.2, 0.25) is 0 Å². The van der Waals surface area contributed by atoms with Crippen molar-refractivity contribution < 1.29 is 9.47 Å². The monoisotopic (exact) mass is 216 g/mol. The summed E-state index contributed by atoms with van der Waals surface area (Å²) >= 11 is 0. The van der Waals surface area contributed by atoms with Gasteiger partial charge in [0, 0.05) is 11.5 Å². The average molecular weight is 216 g/mol. The number of rotatable bonds is 4. The van der Waals surface area contributed by atoms with Gasteiger partial charge in [0.1, 0.15) is 11.5 Å². The van der Waals surface area contributed by atoms with Crippen LogP contribution in [0.15, 0.2) is 36.4 Å². The quantitative estimate of drug-likeness (QED) is 0.776. The van der Waals surface area contributed by atoms with Crippen LogP contribution in [0.2, 0.25) is 0 Å². The lowest BCUT2D eigenvalue weighted by Gasteiger charge is -2.10. The zero-order valence-corrected chi connectivity index (χ0v) is 9.69. The van der Waals surface area contributed by atoms with Gasteiger partial charge in [-0.2, -0.15) is 0 Å². The van der Waals surface area contributed by atoms with Gasteiger partial charge in [-0.15, -0.1) is 0 Å². The molecule has 2 heteroatoms. The molecule has 0 aliphatic heterocycles. The zero-order chi connectivity index (χ0) is 11.4. The van der Waals surface area contributed by atoms with Crippen molar-refractivity contribution in [3.63, 3.8) is 0 Å². The predicted molar refractivity (Wildman–Crippen MR) is 66.3 cm³/mol. The Morgan fingerprint density at radius 3 is 2.44 bits per heavy atom. The van der Waals surface area contributed by atoms with Gasteiger partial charge in [-0.3, -0.25) is 0 Å². The smallest absolute Gasteiger partial charge is 0.130 e. The third-order valence-electron chi connectivity index (χ3n) is 2.41. The minimum Gasteiger partial charge on any atom is -0.494 e. The van der Waals surface area contributed by atoms with Crippen molar-refractivity contribution in [1.29, 1.82) is 0 Å². The molecule has 0 aliphatic carbocycles. The number of fused-ring (bicyclic) bond motifs is 1. The molecule has 0 aliphatic rings. The lowest BCUT2D eigenvalue weighted by molar-refractivity contribution is 0.326. The molecule has 2 nitrogen and oxygen atoms in total. The van der Waals surface area contributed by atoms with Crippen LogP contribution in [0.1, 0.15) is 13.8 Å². The minimum atomic E-state index is 0.666. The van der Waals surface area contributed by atoms with Crippen molar-refractivity contribution in [3.05, 3.63) is 36.4 Å². The summed E-state index contributed by atoms with van der Waals surface area (Å²) in [5, 5.41) is 2.28. The Hall–Kier alpha value is -1.70. The van der Waals surface area contributed by atoms with Crippen molar-refractivity contribution >= 4 is 10.8 Å². The fourth-order valence-corrected chi connectivity index (χ4v) is 1.77. The van der Waals surface area contributed by atoms with E-state index in [2.05, 4.69) is 12.1 Å². The number of ether oxygens (including phenoxy) is 2. The highest BCUT2D eigenvalue weighted by atomic mass is 16.5. The van der Waals surface area contributed by atoms with Crippen LogP contribution in [-0.2, 0) is 0 Å². The molecule has 2 aromatic rings. The first-order valence-corrected chi connectivity index (χ1v) is 5.63. The molecule has 0 fully saturated rings. The average Bonchev–Trinajstić information content (AvgIpc) is 2.30. The van der Waals surface area contributed by atoms with Crippen molar-refractivity contribution in [2.75, 3.05) is 13.2 Å². The Balaban J connectivity index is 2.54. The normalized spacial score (nSPS) is 10.4. The Bertz CT molecular complexity index is 477. The molecular formula is C14H16O2. The Morgan fingerprint density at radius 1 is 0.938 bits per heavy atom. The SMILES string of the molecule is CCOc1cc(OCC)c2ccccc2c1. The fraction of sp³-hybridized carbons (Fsp3) is 0.286. The van der Waals surface area contributed by atoms with Crippen LogP contribution in [0, 0.1) is 0 Å². The van der Waals surface area contributed by atoms with E-state index in [0.29, 0.717) is 13.2 Å². The molecule has 84 valence electrons. The van der Waals surface area contributed by atoms with Crippen LogP contribution in [0.4, 0.5) is 0 Å². The van der Waals surface area contributed by atoms with Gasteiger partial charge >= 0.3 is 0 Å². The molecule has 2 aromatic carbocycles. The summed E-state index contributed by atoms with van der Waals surface area (Å²) in [5.41, 5.74) is 0. The standard InChI is InChI=1S/C14H16O2/c1-3-15-12-9-11-7-5-6-8-13(11)14(10-12)16-4-2/h5-10H,3-4H2,1-2H3. The second-order valence-electron chi connectivity index (χ2n) is 3.51. The van der Waals surface area contributed by atoms with Crippen LogP contribution in [0.25, 0.3) is 10.8 Å². The van der Waals surface area contributed by atoms with Gasteiger partial charge in [0.05, 0.1) is 13.2 Å². The molecule has 0 spiro atoms. The maximum atomic E-state index is 5.63. The molecule has 0 bridgehead atoms. The van der Waals surface area contributed by atoms with Crippen LogP contribution < -0.4 is 9.47 Å². The molecule has 0 saturated heterocycles. The third-order valence-corrected chi connectivity index (χ3v) is 2.41. The van der Waals surface area contributed by atoms with E-state index in [9.17, 15) is 0 Å². The summed E-state index contributed by atoms with van der Waals surface area (Å²) in [6.07, 6.45) is 0. The fourth-order valence-electron chi connectivity index (χ4n) is 1.77. The summed E-state index contributed by atoms with van der Waals surface area (Å²) in [6, 6.07) is 12.2. The molecule has 0 aromatic heterocycles. The van der Waals surface area contributed by atoms with E-state index >= 15 is 0 Å². The highest BCUT2D eigenvalue weighted by molar-refractivity contribution is 5.89. The van der Waals surface area contributed by atoms with Crippen LogP contribution >= 0.6 is 0 Å². The molecule has 0 heterocycles. The Kier molecular flexibility index (Phi) is 3.30. The van der Waals surface area contributed by atoms with E-state index < -0.39 is 0 Å². The maximum absolute atomic E-state index is 5.63. The second-order valence-corrected chi connectivity index (χ2v) is 3.51. The van der Waals surface area contributed by atoms with Crippen LogP contribution in [-0.4, -0.2) is 13.2 Å². The summed E-state index contributed by atoms with van der Waals surface area (Å²) in [7, 11) is 0. The summed E-state index contributed by atoms with van der Waals surface area (Å²) in [4.78, 5) is 0. The van der Waals surface area contributed by atoms with E-state index in [1.54, 1.807) is 0 Å². The van der Waals surface area contributed by atoms with Crippen LogP contribution in [0.5, 0.6) is 11.5 Å². The van der Waals surface area contributed by atoms with Crippen molar-refractivity contribution in [2.24, 2.45) is 0 Å². The molecule has 2 rings (SSSR count). The van der Waals surface area contributed by atoms with E-state index in [4.69, 9.17) is 9.47 Å². The predicted octanol–water partition coefficient (Wildman–Crippen LogP) is 3.64. The van der Waals surface area contributed by atoms with E-state index in [-0.39, 0.29) is 0 Å². The maximum Gasteiger partial charge on any atom is 0.130 e. The molecule has 0 N–H and O–H groups in total. The second kappa shape index (κ2) is 4.88. The topological polar surface area (TPSA) is 18.5 Å². The van der Waals surface area contributed by atoms with E-state index in [1.165, 1.54) is 0 Å². The lowest BCUT2D eigenvalue weighted by atomic mass is 10.1. The first kappa shape index (κ1) is 10.8. The van der Waals surface area contributed by atoms with Crippen LogP contribution in [0.3, 0.4) is 0 Å². The molecule has 0 unspecified atom stereocenters. The molecule has 0 atom stereocenters. The molecule has 0 amide bonds. The molecule has 16 heavy (non-hydrogen) atoms. The largest absolute Gasteiger partial charge is 0.494 e. The Morgan fingerprint density at radius 2 is 1.69 bits per heavy atom. The number of hydrogen-bond acceptors (Lipinski definition) is 2. The molecular weight excluding hydrogens is 200 g/mol. The molecule has 0 radical (unpaired) electrons. The summed E-state index contributed by atoms with van der Waals surface area (Å²) in [6.45, 7) is 5.31. The van der Waals surface area contributed by atoms with Crippen molar-refractivity contribution in [1.82, 2.24) is 0 Å². The summed E-state index contributed by atoms with van der Waals surface area (Å²) < 4.78 is 11.1. The molecule has 0 saturated carbocycles. The highest BCUT2D eigenvalue weighted by Gasteiger charge is 2.04. The Labute approximate surface area is 95.8 Å². The van der Waals surface area contributed by atoms with Gasteiger partial charge in [0.15, 0.2) is 0 Å². The summed E-state index contributed by atoms with van der Waals surface area (Å²) in [5.74, 6) is 1.76. The van der Waals surface area contributed by atoms with E-state index in [1.807, 2.05) is 38.1 Å². The first-order valence-electron chi connectivity index (χ1n) is 5.63. The zero-order valence-electron chi connectivity index (χ0n) is 9.69. The van der Waals surface area contributed by atoms with Crippen molar-refractivity contribution in [2.45, 2.75) is 13.8 Å². The van der Waals surface area contributed by atoms with Gasteiger partial charge in [-0.05, 0) is 25.3 Å². The van der Waals surface area contributed by atoms with Gasteiger partial charge in [0.25, 0.3) is 0 Å². The highest BCUT2D eigenvalue weighted by Crippen LogP contribution is 2.31. The van der Waals surface area contributed by atoms with Gasteiger partial charge < -0.3 is 9.47 Å². The van der Waals surface area contributed by atoms with Crippen molar-refractivity contribution in [3.8, 4) is 11.5 Å². The van der Waals surface area contributed by atoms with Gasteiger partial charge in [-0.1, -0.05) is 24.3 Å². The van der Waals surface area contributed by atoms with Gasteiger partial charge in [-0.25, -0.2) is 0 Å². The lowest BCUT2D eigenvalue weighted by Crippen LogP contribution is -1.95. The minimum absolute atomic E-state index is 0.666. The number of benzene rings is 2. The number of hydrogen-bond donors (Lipinski definition) is 0. The first-order chi connectivity index (χ1) is 7.85.